The van der Waals surface area contributed by atoms with Gasteiger partial charge in [0.05, 0.1) is 26.0 Å². The molecule has 9 nitrogen and oxygen atoms in total. The molecule has 0 saturated carbocycles. The number of imidazole rings is 1. The largest absolute Gasteiger partial charge is 0.493 e. The van der Waals surface area contributed by atoms with E-state index in [1.54, 1.807) is 57.7 Å². The molecule has 0 spiro atoms. The summed E-state index contributed by atoms with van der Waals surface area (Å²) in [5.41, 5.74) is 4.43. The van der Waals surface area contributed by atoms with E-state index in [1.807, 2.05) is 53.2 Å². The van der Waals surface area contributed by atoms with Crippen molar-refractivity contribution in [2.24, 2.45) is 0 Å². The number of hydrogen-bond acceptors (Lipinski definition) is 7. The van der Waals surface area contributed by atoms with Gasteiger partial charge in [0.2, 0.25) is 0 Å². The molecular weight excluding hydrogens is 482 g/mol. The third kappa shape index (κ3) is 5.00. The lowest BCUT2D eigenvalue weighted by Gasteiger charge is -2.16. The van der Waals surface area contributed by atoms with Crippen molar-refractivity contribution < 1.29 is 19.4 Å². The maximum atomic E-state index is 12.8. The van der Waals surface area contributed by atoms with E-state index in [0.717, 1.165) is 5.69 Å². The molecule has 192 valence electrons. The lowest BCUT2D eigenvalue weighted by molar-refractivity contribution is 0.102. The minimum atomic E-state index is -0.758. The zero-order chi connectivity index (χ0) is 26.6. The molecule has 0 aliphatic carbocycles. The summed E-state index contributed by atoms with van der Waals surface area (Å²) in [6.07, 6.45) is 4.59. The fourth-order valence-electron chi connectivity index (χ4n) is 4.21. The molecule has 1 atom stereocenters. The van der Waals surface area contributed by atoms with Gasteiger partial charge in [0, 0.05) is 47.2 Å². The van der Waals surface area contributed by atoms with E-state index < -0.39 is 6.10 Å². The van der Waals surface area contributed by atoms with E-state index in [0.29, 0.717) is 51.0 Å². The van der Waals surface area contributed by atoms with E-state index in [1.165, 1.54) is 0 Å². The summed E-state index contributed by atoms with van der Waals surface area (Å²) in [5.74, 6) is 1.47. The fraction of sp³-hybridized carbons (Fsp3) is 0.138. The first-order valence-electron chi connectivity index (χ1n) is 12.0. The van der Waals surface area contributed by atoms with Gasteiger partial charge in [0.25, 0.3) is 5.91 Å². The van der Waals surface area contributed by atoms with Crippen LogP contribution in [0.15, 0.2) is 85.3 Å². The second-order valence-electron chi connectivity index (χ2n) is 8.63. The van der Waals surface area contributed by atoms with E-state index in [4.69, 9.17) is 14.5 Å². The monoisotopic (exact) mass is 509 g/mol. The van der Waals surface area contributed by atoms with Crippen molar-refractivity contribution in [3.05, 3.63) is 96.4 Å². The summed E-state index contributed by atoms with van der Waals surface area (Å²) >= 11 is 0. The number of carbonyl (C=O) groups is 1. The molecule has 0 aliphatic heterocycles. The maximum absolute atomic E-state index is 12.8. The van der Waals surface area contributed by atoms with Crippen LogP contribution in [0.25, 0.3) is 16.9 Å². The quantitative estimate of drug-likeness (QED) is 0.255. The number of hydrogen-bond donors (Lipinski definition) is 3. The number of methoxy groups -OCH3 is 2. The molecule has 3 aromatic carbocycles. The molecule has 2 aromatic heterocycles. The van der Waals surface area contributed by atoms with Crippen molar-refractivity contribution >= 4 is 28.7 Å². The third-order valence-electron chi connectivity index (χ3n) is 6.09. The van der Waals surface area contributed by atoms with Gasteiger partial charge in [-0.3, -0.25) is 4.79 Å². The summed E-state index contributed by atoms with van der Waals surface area (Å²) in [7, 11) is 3.16. The molecule has 0 radical (unpaired) electrons. The highest BCUT2D eigenvalue weighted by Gasteiger charge is 2.17. The number of rotatable bonds is 8. The Morgan fingerprint density at radius 3 is 2.47 bits per heavy atom. The van der Waals surface area contributed by atoms with Crippen LogP contribution in [-0.2, 0) is 0 Å². The zero-order valence-electron chi connectivity index (χ0n) is 21.2. The van der Waals surface area contributed by atoms with Crippen molar-refractivity contribution in [3.8, 4) is 22.8 Å². The lowest BCUT2D eigenvalue weighted by atomic mass is 9.99. The number of nitrogens with one attached hydrogen (secondary N) is 2. The number of carbonyl (C=O) groups excluding carboxylic acids is 1. The van der Waals surface area contributed by atoms with Crippen molar-refractivity contribution in [3.63, 3.8) is 0 Å². The van der Waals surface area contributed by atoms with Crippen LogP contribution in [0.2, 0.25) is 0 Å². The molecule has 3 N–H and O–H groups in total. The molecule has 2 heterocycles. The van der Waals surface area contributed by atoms with Gasteiger partial charge in [0.15, 0.2) is 23.0 Å². The molecule has 1 unspecified atom stereocenters. The highest BCUT2D eigenvalue weighted by atomic mass is 16.5. The number of nitrogens with zero attached hydrogens (tertiary/aromatic N) is 3. The third-order valence-corrected chi connectivity index (χ3v) is 6.09. The Morgan fingerprint density at radius 1 is 0.974 bits per heavy atom. The first kappa shape index (κ1) is 24.8. The number of ether oxygens (including phenoxy) is 2. The summed E-state index contributed by atoms with van der Waals surface area (Å²) < 4.78 is 12.6. The van der Waals surface area contributed by atoms with Crippen LogP contribution in [0.3, 0.4) is 0 Å². The first-order chi connectivity index (χ1) is 18.5. The Kier molecular flexibility index (Phi) is 6.92. The van der Waals surface area contributed by atoms with E-state index in [2.05, 4.69) is 15.6 Å². The van der Waals surface area contributed by atoms with Gasteiger partial charge in [-0.1, -0.05) is 24.3 Å². The van der Waals surface area contributed by atoms with Gasteiger partial charge in [-0.2, -0.15) is 0 Å². The van der Waals surface area contributed by atoms with E-state index >= 15 is 0 Å². The molecule has 0 saturated heterocycles. The summed E-state index contributed by atoms with van der Waals surface area (Å²) in [6.45, 7) is 1.69. The molecular formula is C29H27N5O4. The predicted octanol–water partition coefficient (Wildman–Crippen LogP) is 5.46. The summed E-state index contributed by atoms with van der Waals surface area (Å²) in [5, 5.41) is 16.8. The smallest absolute Gasteiger partial charge is 0.255 e. The van der Waals surface area contributed by atoms with Gasteiger partial charge in [-0.15, -0.1) is 0 Å². The fourth-order valence-corrected chi connectivity index (χ4v) is 4.21. The number of aliphatic hydroxyl groups is 1. The Labute approximate surface area is 219 Å². The molecule has 0 fully saturated rings. The molecule has 38 heavy (non-hydrogen) atoms. The number of aromatic nitrogens is 3. The number of aliphatic hydroxyl groups excluding tert-OH is 1. The van der Waals surface area contributed by atoms with Crippen molar-refractivity contribution in [1.29, 1.82) is 0 Å². The van der Waals surface area contributed by atoms with Crippen molar-refractivity contribution in [2.75, 3.05) is 24.9 Å². The van der Waals surface area contributed by atoms with Gasteiger partial charge >= 0.3 is 0 Å². The predicted molar refractivity (Wildman–Crippen MR) is 146 cm³/mol. The van der Waals surface area contributed by atoms with Crippen LogP contribution in [-0.4, -0.2) is 39.6 Å². The number of benzene rings is 3. The highest BCUT2D eigenvalue weighted by molar-refractivity contribution is 6.04. The maximum Gasteiger partial charge on any atom is 0.255 e. The zero-order valence-corrected chi connectivity index (χ0v) is 21.2. The SMILES string of the molecule is COc1ccc(Nc2nc(-c3cc(NC(=O)c4ccccc4)ccc3C(C)O)cn3ccnc23)cc1OC. The minimum Gasteiger partial charge on any atom is -0.493 e. The molecule has 5 rings (SSSR count). The molecule has 0 aliphatic rings. The lowest BCUT2D eigenvalue weighted by Crippen LogP contribution is -2.12. The number of anilines is 3. The van der Waals surface area contributed by atoms with Gasteiger partial charge in [0.1, 0.15) is 0 Å². The van der Waals surface area contributed by atoms with Crippen LogP contribution in [0.5, 0.6) is 11.5 Å². The van der Waals surface area contributed by atoms with E-state index in [-0.39, 0.29) is 5.91 Å². The Morgan fingerprint density at radius 2 is 1.74 bits per heavy atom. The van der Waals surface area contributed by atoms with Crippen LogP contribution in [0.1, 0.15) is 28.9 Å². The standard InChI is InChI=1S/C29H27N5O4/c1-18(35)22-11-9-20(32-29(36)19-7-5-4-6-8-19)15-23(22)24-17-34-14-13-30-28(34)27(33-24)31-21-10-12-25(37-2)26(16-21)38-3/h4-18,35H,1-3H3,(H,31,33)(H,32,36). The summed E-state index contributed by atoms with van der Waals surface area (Å²) in [4.78, 5) is 22.1. The molecule has 5 aromatic rings. The van der Waals surface area contributed by atoms with Crippen LogP contribution in [0, 0.1) is 0 Å². The average molecular weight is 510 g/mol. The first-order valence-corrected chi connectivity index (χ1v) is 12.0. The Balaban J connectivity index is 1.56. The molecule has 0 bridgehead atoms. The number of fused-ring (bicyclic) bond motifs is 1. The van der Waals surface area contributed by atoms with Crippen LogP contribution >= 0.6 is 0 Å². The molecule has 1 amide bonds. The molecule has 9 heteroatoms. The minimum absolute atomic E-state index is 0.227. The van der Waals surface area contributed by atoms with E-state index in [9.17, 15) is 9.90 Å². The Hall–Kier alpha value is -4.89. The van der Waals surface area contributed by atoms with Gasteiger partial charge in [-0.05, 0) is 48.9 Å². The second kappa shape index (κ2) is 10.6. The van der Waals surface area contributed by atoms with Crippen molar-refractivity contribution in [1.82, 2.24) is 14.4 Å². The van der Waals surface area contributed by atoms with Crippen molar-refractivity contribution in [2.45, 2.75) is 13.0 Å². The van der Waals surface area contributed by atoms with Gasteiger partial charge < -0.3 is 29.6 Å². The normalized spacial score (nSPS) is 11.7. The van der Waals surface area contributed by atoms with Crippen LogP contribution in [0.4, 0.5) is 17.2 Å². The topological polar surface area (TPSA) is 110 Å². The van der Waals surface area contributed by atoms with Crippen LogP contribution < -0.4 is 20.1 Å². The average Bonchev–Trinajstić information content (AvgIpc) is 3.42. The highest BCUT2D eigenvalue weighted by Crippen LogP contribution is 2.34. The Bertz CT molecular complexity index is 1600. The summed E-state index contributed by atoms with van der Waals surface area (Å²) in [6, 6.07) is 19.8. The number of amides is 1. The second-order valence-corrected chi connectivity index (χ2v) is 8.63. The van der Waals surface area contributed by atoms with Gasteiger partial charge in [-0.25, -0.2) is 9.97 Å².